The molecule has 0 saturated carbocycles. The Morgan fingerprint density at radius 3 is 3.00 bits per heavy atom. The molecule has 0 aliphatic carbocycles. The van der Waals surface area contributed by atoms with Crippen molar-refractivity contribution in [2.24, 2.45) is 12.0 Å². The van der Waals surface area contributed by atoms with Crippen molar-refractivity contribution in [3.63, 3.8) is 0 Å². The molecule has 0 atom stereocenters. The van der Waals surface area contributed by atoms with E-state index >= 15 is 0 Å². The van der Waals surface area contributed by atoms with Crippen molar-refractivity contribution in [1.29, 1.82) is 0 Å². The second-order valence-corrected chi connectivity index (χ2v) is 5.52. The van der Waals surface area contributed by atoms with E-state index in [4.69, 9.17) is 4.99 Å². The van der Waals surface area contributed by atoms with Crippen LogP contribution in [0.4, 0.5) is 5.82 Å². The monoisotopic (exact) mass is 318 g/mol. The third-order valence-corrected chi connectivity index (χ3v) is 3.72. The Kier molecular flexibility index (Phi) is 3.14. The van der Waals surface area contributed by atoms with Crippen molar-refractivity contribution in [2.75, 3.05) is 18.4 Å². The maximum absolute atomic E-state index is 4.73. The standard InChI is InChI=1S/C14H15BrN4/c1-9-12-13(10-4-3-5-11(15)8-10)16-6-7-17-14(12)19(2)18-9/h3-5,8,17H,6-7H2,1-2H3. The number of aromatic nitrogens is 2. The van der Waals surface area contributed by atoms with Crippen LogP contribution in [0.3, 0.4) is 0 Å². The Hall–Kier alpha value is -1.62. The van der Waals surface area contributed by atoms with Gasteiger partial charge in [-0.15, -0.1) is 0 Å². The molecule has 2 heterocycles. The van der Waals surface area contributed by atoms with Gasteiger partial charge in [0.15, 0.2) is 0 Å². The zero-order chi connectivity index (χ0) is 13.4. The molecule has 1 aromatic carbocycles. The normalized spacial score (nSPS) is 14.4. The second kappa shape index (κ2) is 4.81. The number of anilines is 1. The van der Waals surface area contributed by atoms with Crippen LogP contribution >= 0.6 is 15.9 Å². The molecule has 2 aromatic rings. The van der Waals surface area contributed by atoms with E-state index in [9.17, 15) is 0 Å². The van der Waals surface area contributed by atoms with Gasteiger partial charge in [-0.25, -0.2) is 0 Å². The molecule has 0 spiro atoms. The van der Waals surface area contributed by atoms with Crippen LogP contribution in [-0.2, 0) is 7.05 Å². The molecule has 1 aromatic heterocycles. The Balaban J connectivity index is 2.20. The van der Waals surface area contributed by atoms with E-state index in [0.29, 0.717) is 0 Å². The molecule has 0 radical (unpaired) electrons. The fraction of sp³-hybridized carbons (Fsp3) is 0.286. The summed E-state index contributed by atoms with van der Waals surface area (Å²) in [7, 11) is 1.96. The third kappa shape index (κ3) is 2.18. The highest BCUT2D eigenvalue weighted by Crippen LogP contribution is 2.26. The van der Waals surface area contributed by atoms with E-state index in [0.717, 1.165) is 45.9 Å². The molecule has 0 bridgehead atoms. The largest absolute Gasteiger partial charge is 0.368 e. The molecule has 1 aliphatic rings. The minimum atomic E-state index is 0.774. The first kappa shape index (κ1) is 12.4. The predicted molar refractivity (Wildman–Crippen MR) is 81.1 cm³/mol. The highest BCUT2D eigenvalue weighted by atomic mass is 79.9. The predicted octanol–water partition coefficient (Wildman–Crippen LogP) is 2.75. The maximum atomic E-state index is 4.73. The molecule has 19 heavy (non-hydrogen) atoms. The highest BCUT2D eigenvalue weighted by molar-refractivity contribution is 9.10. The van der Waals surface area contributed by atoms with Crippen LogP contribution in [0.1, 0.15) is 16.8 Å². The van der Waals surface area contributed by atoms with E-state index in [1.54, 1.807) is 0 Å². The molecule has 5 heteroatoms. The van der Waals surface area contributed by atoms with Crippen molar-refractivity contribution in [3.05, 3.63) is 45.6 Å². The molecule has 4 nitrogen and oxygen atoms in total. The molecular weight excluding hydrogens is 304 g/mol. The summed E-state index contributed by atoms with van der Waals surface area (Å²) in [5.41, 5.74) is 4.26. The summed E-state index contributed by atoms with van der Waals surface area (Å²) < 4.78 is 2.96. The van der Waals surface area contributed by atoms with Gasteiger partial charge in [0.25, 0.3) is 0 Å². The van der Waals surface area contributed by atoms with Crippen molar-refractivity contribution in [1.82, 2.24) is 9.78 Å². The molecule has 1 N–H and O–H groups in total. The molecular formula is C14H15BrN4. The van der Waals surface area contributed by atoms with Crippen LogP contribution < -0.4 is 5.32 Å². The van der Waals surface area contributed by atoms with Crippen molar-refractivity contribution < 1.29 is 0 Å². The smallest absolute Gasteiger partial charge is 0.133 e. The van der Waals surface area contributed by atoms with Crippen molar-refractivity contribution >= 4 is 27.5 Å². The molecule has 0 fully saturated rings. The number of benzene rings is 1. The lowest BCUT2D eigenvalue weighted by atomic mass is 10.0. The SMILES string of the molecule is Cc1nn(C)c2c1C(c1cccc(Br)c1)=NCCN2. The zero-order valence-electron chi connectivity index (χ0n) is 10.9. The van der Waals surface area contributed by atoms with Crippen LogP contribution in [0.2, 0.25) is 0 Å². The number of rotatable bonds is 1. The number of halogens is 1. The number of nitrogens with zero attached hydrogens (tertiary/aromatic N) is 3. The van der Waals surface area contributed by atoms with Crippen LogP contribution in [0.15, 0.2) is 33.7 Å². The highest BCUT2D eigenvalue weighted by Gasteiger charge is 2.21. The van der Waals surface area contributed by atoms with Gasteiger partial charge in [0, 0.05) is 23.6 Å². The molecule has 0 amide bonds. The van der Waals surface area contributed by atoms with E-state index in [2.05, 4.69) is 38.5 Å². The first-order valence-electron chi connectivity index (χ1n) is 6.25. The number of fused-ring (bicyclic) bond motifs is 1. The van der Waals surface area contributed by atoms with Crippen LogP contribution in [0, 0.1) is 6.92 Å². The molecule has 1 aliphatic heterocycles. The van der Waals surface area contributed by atoms with E-state index in [-0.39, 0.29) is 0 Å². The second-order valence-electron chi connectivity index (χ2n) is 4.60. The van der Waals surface area contributed by atoms with E-state index in [1.807, 2.05) is 30.8 Å². The molecule has 3 rings (SSSR count). The van der Waals surface area contributed by atoms with Gasteiger partial charge in [-0.1, -0.05) is 28.1 Å². The zero-order valence-corrected chi connectivity index (χ0v) is 12.5. The number of aliphatic imine (C=N–C) groups is 1. The van der Waals surface area contributed by atoms with Crippen LogP contribution in [-0.4, -0.2) is 28.6 Å². The fourth-order valence-corrected chi connectivity index (χ4v) is 2.84. The van der Waals surface area contributed by atoms with E-state index in [1.165, 1.54) is 0 Å². The van der Waals surface area contributed by atoms with Gasteiger partial charge >= 0.3 is 0 Å². The summed E-state index contributed by atoms with van der Waals surface area (Å²) in [5.74, 6) is 1.05. The fourth-order valence-electron chi connectivity index (χ4n) is 2.44. The Labute approximate surface area is 120 Å². The average molecular weight is 319 g/mol. The van der Waals surface area contributed by atoms with Gasteiger partial charge in [-0.05, 0) is 19.1 Å². The lowest BCUT2D eigenvalue weighted by molar-refractivity contribution is 0.758. The van der Waals surface area contributed by atoms with Gasteiger partial charge in [-0.3, -0.25) is 9.67 Å². The summed E-state index contributed by atoms with van der Waals surface area (Å²) in [5, 5.41) is 7.90. The summed E-state index contributed by atoms with van der Waals surface area (Å²) in [6.45, 7) is 3.64. The van der Waals surface area contributed by atoms with E-state index < -0.39 is 0 Å². The summed E-state index contributed by atoms with van der Waals surface area (Å²) in [6, 6.07) is 8.24. The quantitative estimate of drug-likeness (QED) is 0.878. The van der Waals surface area contributed by atoms with Gasteiger partial charge in [0.05, 0.1) is 23.5 Å². The number of nitrogens with one attached hydrogen (secondary N) is 1. The van der Waals surface area contributed by atoms with Crippen LogP contribution in [0.25, 0.3) is 0 Å². The minimum Gasteiger partial charge on any atom is -0.368 e. The topological polar surface area (TPSA) is 42.2 Å². The molecule has 0 unspecified atom stereocenters. The van der Waals surface area contributed by atoms with Crippen molar-refractivity contribution in [3.8, 4) is 0 Å². The average Bonchev–Trinajstić information content (AvgIpc) is 2.57. The number of aryl methyl sites for hydroxylation is 2. The summed E-state index contributed by atoms with van der Waals surface area (Å²) >= 11 is 3.52. The first-order chi connectivity index (χ1) is 9.16. The van der Waals surface area contributed by atoms with Gasteiger partial charge in [0.2, 0.25) is 0 Å². The Morgan fingerprint density at radius 1 is 1.37 bits per heavy atom. The van der Waals surface area contributed by atoms with Gasteiger partial charge in [0.1, 0.15) is 5.82 Å². The maximum Gasteiger partial charge on any atom is 0.133 e. The molecule has 0 saturated heterocycles. The molecule has 98 valence electrons. The first-order valence-corrected chi connectivity index (χ1v) is 7.04. The minimum absolute atomic E-state index is 0.774. The van der Waals surface area contributed by atoms with Gasteiger partial charge in [-0.2, -0.15) is 5.10 Å². The Bertz CT molecular complexity index is 657. The lowest BCUT2D eigenvalue weighted by Crippen LogP contribution is -2.08. The summed E-state index contributed by atoms with van der Waals surface area (Å²) in [6.07, 6.45) is 0. The van der Waals surface area contributed by atoms with Gasteiger partial charge < -0.3 is 5.32 Å². The summed E-state index contributed by atoms with van der Waals surface area (Å²) in [4.78, 5) is 4.73. The van der Waals surface area contributed by atoms with Crippen LogP contribution in [0.5, 0.6) is 0 Å². The lowest BCUT2D eigenvalue weighted by Gasteiger charge is -2.07. The number of hydrogen-bond acceptors (Lipinski definition) is 3. The Morgan fingerprint density at radius 2 is 2.21 bits per heavy atom. The number of hydrogen-bond donors (Lipinski definition) is 1. The third-order valence-electron chi connectivity index (χ3n) is 3.23. The van der Waals surface area contributed by atoms with Crippen molar-refractivity contribution in [2.45, 2.75) is 6.92 Å².